The van der Waals surface area contributed by atoms with Gasteiger partial charge in [-0.3, -0.25) is 5.41 Å². The van der Waals surface area contributed by atoms with Gasteiger partial charge in [0.25, 0.3) is 0 Å². The van der Waals surface area contributed by atoms with Gasteiger partial charge in [-0.25, -0.2) is 0 Å². The van der Waals surface area contributed by atoms with E-state index < -0.39 is 0 Å². The molecular formula is C10H23N3. The number of amidine groups is 1. The Morgan fingerprint density at radius 1 is 1.38 bits per heavy atom. The molecule has 0 spiro atoms. The molecule has 0 aliphatic heterocycles. The normalized spacial score (nSPS) is 13.1. The second-order valence-electron chi connectivity index (χ2n) is 4.08. The molecule has 3 heteroatoms. The Balaban J connectivity index is 3.62. The average molecular weight is 185 g/mol. The van der Waals surface area contributed by atoms with Crippen molar-refractivity contribution < 1.29 is 0 Å². The van der Waals surface area contributed by atoms with Gasteiger partial charge in [0.2, 0.25) is 0 Å². The molecule has 13 heavy (non-hydrogen) atoms. The van der Waals surface area contributed by atoms with Crippen molar-refractivity contribution in [1.29, 1.82) is 5.41 Å². The molecule has 1 unspecified atom stereocenters. The minimum Gasteiger partial charge on any atom is -0.363 e. The molecule has 78 valence electrons. The highest BCUT2D eigenvalue weighted by Crippen LogP contribution is 2.02. The van der Waals surface area contributed by atoms with Crippen LogP contribution in [-0.4, -0.2) is 30.4 Å². The van der Waals surface area contributed by atoms with Crippen LogP contribution in [-0.2, 0) is 0 Å². The molecule has 0 heterocycles. The zero-order chi connectivity index (χ0) is 10.4. The first-order valence-corrected chi connectivity index (χ1v) is 5.00. The summed E-state index contributed by atoms with van der Waals surface area (Å²) in [4.78, 5) is 2.01. The summed E-state index contributed by atoms with van der Waals surface area (Å²) in [6, 6.07) is 0.279. The van der Waals surface area contributed by atoms with E-state index in [0.29, 0.717) is 11.8 Å². The number of hydrogen-bond acceptors (Lipinski definition) is 2. The van der Waals surface area contributed by atoms with E-state index in [1.54, 1.807) is 0 Å². The summed E-state index contributed by atoms with van der Waals surface area (Å²) in [6.45, 7) is 7.06. The monoisotopic (exact) mass is 185 g/mol. The molecule has 0 aromatic heterocycles. The first kappa shape index (κ1) is 12.4. The highest BCUT2D eigenvalue weighted by molar-refractivity contribution is 5.80. The quantitative estimate of drug-likeness (QED) is 0.506. The van der Waals surface area contributed by atoms with E-state index in [4.69, 9.17) is 11.1 Å². The molecule has 0 radical (unpaired) electrons. The highest BCUT2D eigenvalue weighted by Gasteiger charge is 2.07. The summed E-state index contributed by atoms with van der Waals surface area (Å²) in [5.74, 6) is 1.03. The zero-order valence-corrected chi connectivity index (χ0v) is 9.30. The molecule has 0 aromatic rings. The summed E-state index contributed by atoms with van der Waals surface area (Å²) in [6.07, 6.45) is 2.11. The van der Waals surface area contributed by atoms with E-state index >= 15 is 0 Å². The van der Waals surface area contributed by atoms with Crippen LogP contribution in [0.1, 0.15) is 33.6 Å². The van der Waals surface area contributed by atoms with Gasteiger partial charge in [0.05, 0.1) is 5.84 Å². The first-order valence-electron chi connectivity index (χ1n) is 5.00. The second-order valence-corrected chi connectivity index (χ2v) is 4.08. The molecule has 0 aromatic carbocycles. The van der Waals surface area contributed by atoms with Crippen molar-refractivity contribution in [3.05, 3.63) is 0 Å². The fourth-order valence-corrected chi connectivity index (χ4v) is 1.21. The van der Waals surface area contributed by atoms with E-state index in [0.717, 1.165) is 19.4 Å². The average Bonchev–Trinajstić information content (AvgIpc) is 2.02. The van der Waals surface area contributed by atoms with Crippen LogP contribution in [0.4, 0.5) is 0 Å². The van der Waals surface area contributed by atoms with Crippen molar-refractivity contribution in [2.75, 3.05) is 13.6 Å². The minimum absolute atomic E-state index is 0.279. The maximum Gasteiger partial charge on any atom is 0.0981 e. The number of nitrogens with two attached hydrogens (primary N) is 1. The third kappa shape index (κ3) is 5.64. The molecule has 0 saturated carbocycles. The van der Waals surface area contributed by atoms with E-state index in [1.807, 2.05) is 32.7 Å². The maximum atomic E-state index is 7.73. The third-order valence-electron chi connectivity index (χ3n) is 2.11. The summed E-state index contributed by atoms with van der Waals surface area (Å²) in [5, 5.41) is 7.73. The Kier molecular flexibility index (Phi) is 5.71. The first-order chi connectivity index (χ1) is 5.95. The lowest BCUT2D eigenvalue weighted by Crippen LogP contribution is -2.31. The molecule has 0 aliphatic rings. The maximum absolute atomic E-state index is 7.73. The smallest absolute Gasteiger partial charge is 0.0981 e. The fraction of sp³-hybridized carbons (Fsp3) is 0.900. The van der Waals surface area contributed by atoms with Gasteiger partial charge in [-0.15, -0.1) is 0 Å². The SMILES string of the molecule is CC(N)CCCN(C)C(=N)C(C)C. The lowest BCUT2D eigenvalue weighted by Gasteiger charge is -2.22. The van der Waals surface area contributed by atoms with Crippen LogP contribution in [0.3, 0.4) is 0 Å². The molecule has 3 nitrogen and oxygen atoms in total. The van der Waals surface area contributed by atoms with Gasteiger partial charge in [0.1, 0.15) is 0 Å². The van der Waals surface area contributed by atoms with Crippen molar-refractivity contribution in [3.63, 3.8) is 0 Å². The van der Waals surface area contributed by atoms with Crippen molar-refractivity contribution in [2.45, 2.75) is 39.7 Å². The van der Waals surface area contributed by atoms with Crippen molar-refractivity contribution in [1.82, 2.24) is 4.90 Å². The molecular weight excluding hydrogens is 162 g/mol. The van der Waals surface area contributed by atoms with Gasteiger partial charge in [-0.1, -0.05) is 13.8 Å². The van der Waals surface area contributed by atoms with E-state index in [-0.39, 0.29) is 6.04 Å². The summed E-state index contributed by atoms with van der Waals surface area (Å²) in [5.41, 5.74) is 5.64. The van der Waals surface area contributed by atoms with Crippen LogP contribution in [0.15, 0.2) is 0 Å². The predicted octanol–water partition coefficient (Wildman–Crippen LogP) is 1.68. The van der Waals surface area contributed by atoms with Crippen LogP contribution >= 0.6 is 0 Å². The molecule has 0 saturated heterocycles. The van der Waals surface area contributed by atoms with Gasteiger partial charge in [0.15, 0.2) is 0 Å². The Morgan fingerprint density at radius 2 is 1.92 bits per heavy atom. The Bertz CT molecular complexity index is 152. The standard InChI is InChI=1S/C10H23N3/c1-8(2)10(12)13(4)7-5-6-9(3)11/h8-9,12H,5-7,11H2,1-4H3. The lowest BCUT2D eigenvalue weighted by molar-refractivity contribution is 0.441. The van der Waals surface area contributed by atoms with Gasteiger partial charge in [-0.05, 0) is 19.8 Å². The topological polar surface area (TPSA) is 53.1 Å². The third-order valence-corrected chi connectivity index (χ3v) is 2.11. The summed E-state index contributed by atoms with van der Waals surface area (Å²) >= 11 is 0. The highest BCUT2D eigenvalue weighted by atomic mass is 15.1. The van der Waals surface area contributed by atoms with Crippen LogP contribution < -0.4 is 5.73 Å². The van der Waals surface area contributed by atoms with Crippen molar-refractivity contribution in [2.24, 2.45) is 11.7 Å². The molecule has 0 bridgehead atoms. The van der Waals surface area contributed by atoms with Crippen molar-refractivity contribution in [3.8, 4) is 0 Å². The Morgan fingerprint density at radius 3 is 2.31 bits per heavy atom. The molecule has 3 N–H and O–H groups in total. The van der Waals surface area contributed by atoms with Crippen LogP contribution in [0.2, 0.25) is 0 Å². The predicted molar refractivity (Wildman–Crippen MR) is 58.1 cm³/mol. The molecule has 1 atom stereocenters. The van der Waals surface area contributed by atoms with Gasteiger partial charge in [0, 0.05) is 25.6 Å². The fourth-order valence-electron chi connectivity index (χ4n) is 1.21. The number of nitrogens with zero attached hydrogens (tertiary/aromatic N) is 1. The van der Waals surface area contributed by atoms with E-state index in [2.05, 4.69) is 0 Å². The second kappa shape index (κ2) is 5.97. The number of nitrogens with one attached hydrogen (secondary N) is 1. The number of hydrogen-bond donors (Lipinski definition) is 2. The molecule has 0 fully saturated rings. The van der Waals surface area contributed by atoms with Gasteiger partial charge in [-0.2, -0.15) is 0 Å². The zero-order valence-electron chi connectivity index (χ0n) is 9.30. The van der Waals surface area contributed by atoms with Crippen LogP contribution in [0, 0.1) is 11.3 Å². The minimum atomic E-state index is 0.279. The molecule has 0 aliphatic carbocycles. The van der Waals surface area contributed by atoms with Gasteiger partial charge >= 0.3 is 0 Å². The number of rotatable bonds is 5. The van der Waals surface area contributed by atoms with Crippen molar-refractivity contribution >= 4 is 5.84 Å². The van der Waals surface area contributed by atoms with E-state index in [1.165, 1.54) is 0 Å². The lowest BCUT2D eigenvalue weighted by atomic mass is 10.1. The Labute approximate surface area is 81.8 Å². The molecule has 0 amide bonds. The Hall–Kier alpha value is -0.570. The summed E-state index contributed by atoms with van der Waals surface area (Å²) in [7, 11) is 1.98. The van der Waals surface area contributed by atoms with Gasteiger partial charge < -0.3 is 10.6 Å². The van der Waals surface area contributed by atoms with Crippen LogP contribution in [0.5, 0.6) is 0 Å². The summed E-state index contributed by atoms with van der Waals surface area (Å²) < 4.78 is 0. The van der Waals surface area contributed by atoms with Crippen LogP contribution in [0.25, 0.3) is 0 Å². The largest absolute Gasteiger partial charge is 0.363 e. The van der Waals surface area contributed by atoms with E-state index in [9.17, 15) is 0 Å². The molecule has 0 rings (SSSR count).